The molecule has 0 amide bonds. The van der Waals surface area contributed by atoms with Gasteiger partial charge in [0.25, 0.3) is 0 Å². The van der Waals surface area contributed by atoms with Gasteiger partial charge >= 0.3 is 0 Å². The van der Waals surface area contributed by atoms with Crippen molar-refractivity contribution in [3.05, 3.63) is 36.2 Å². The van der Waals surface area contributed by atoms with E-state index in [1.165, 1.54) is 0 Å². The summed E-state index contributed by atoms with van der Waals surface area (Å²) in [6.45, 7) is 6.88. The molecule has 5 heteroatoms. The molecular weight excluding hydrogens is 216 g/mol. The molecule has 0 fully saturated rings. The van der Waals surface area contributed by atoms with Crippen molar-refractivity contribution < 1.29 is 5.11 Å². The van der Waals surface area contributed by atoms with Gasteiger partial charge in [-0.05, 0) is 26.8 Å². The first-order valence-electron chi connectivity index (χ1n) is 5.86. The van der Waals surface area contributed by atoms with E-state index < -0.39 is 6.10 Å². The lowest BCUT2D eigenvalue weighted by Crippen LogP contribution is -2.14. The van der Waals surface area contributed by atoms with Crippen molar-refractivity contribution in [1.82, 2.24) is 19.3 Å². The van der Waals surface area contributed by atoms with Crippen molar-refractivity contribution in [3.63, 3.8) is 0 Å². The standard InChI is InChI=1S/C12H18N4O/c1-4-16-10(5-6-14-16)12(17)11-7-13-8-15(11)9(2)3/h5-9,12,17H,4H2,1-3H3. The molecule has 5 nitrogen and oxygen atoms in total. The van der Waals surface area contributed by atoms with E-state index in [2.05, 4.69) is 23.9 Å². The molecule has 2 heterocycles. The highest BCUT2D eigenvalue weighted by atomic mass is 16.3. The molecule has 92 valence electrons. The van der Waals surface area contributed by atoms with Crippen molar-refractivity contribution in [1.29, 1.82) is 0 Å². The van der Waals surface area contributed by atoms with Crippen LogP contribution in [0.3, 0.4) is 0 Å². The molecule has 0 aromatic carbocycles. The Balaban J connectivity index is 2.37. The van der Waals surface area contributed by atoms with E-state index in [9.17, 15) is 5.11 Å². The first-order chi connectivity index (χ1) is 8.15. The first kappa shape index (κ1) is 11.9. The van der Waals surface area contributed by atoms with E-state index >= 15 is 0 Å². The van der Waals surface area contributed by atoms with Crippen molar-refractivity contribution in [2.75, 3.05) is 0 Å². The lowest BCUT2D eigenvalue weighted by atomic mass is 10.2. The molecule has 17 heavy (non-hydrogen) atoms. The summed E-state index contributed by atoms with van der Waals surface area (Å²) in [6.07, 6.45) is 4.48. The number of aliphatic hydroxyl groups excluding tert-OH is 1. The number of imidazole rings is 1. The van der Waals surface area contributed by atoms with Gasteiger partial charge in [0.1, 0.15) is 6.10 Å². The quantitative estimate of drug-likeness (QED) is 0.877. The maximum atomic E-state index is 10.4. The number of hydrogen-bond acceptors (Lipinski definition) is 3. The van der Waals surface area contributed by atoms with Crippen LogP contribution in [0.5, 0.6) is 0 Å². The zero-order valence-electron chi connectivity index (χ0n) is 10.4. The van der Waals surface area contributed by atoms with Crippen molar-refractivity contribution in [2.24, 2.45) is 0 Å². The monoisotopic (exact) mass is 234 g/mol. The van der Waals surface area contributed by atoms with E-state index in [1.807, 2.05) is 17.6 Å². The molecule has 0 bridgehead atoms. The van der Waals surface area contributed by atoms with Gasteiger partial charge in [0, 0.05) is 18.8 Å². The summed E-state index contributed by atoms with van der Waals surface area (Å²) in [4.78, 5) is 4.10. The summed E-state index contributed by atoms with van der Waals surface area (Å²) in [5.74, 6) is 0. The molecule has 0 saturated heterocycles. The van der Waals surface area contributed by atoms with Gasteiger partial charge in [0.15, 0.2) is 0 Å². The van der Waals surface area contributed by atoms with Gasteiger partial charge in [-0.3, -0.25) is 4.68 Å². The van der Waals surface area contributed by atoms with Crippen LogP contribution in [-0.2, 0) is 6.54 Å². The molecule has 0 saturated carbocycles. The van der Waals surface area contributed by atoms with Crippen LogP contribution < -0.4 is 0 Å². The third-order valence-corrected chi connectivity index (χ3v) is 2.86. The van der Waals surface area contributed by atoms with Gasteiger partial charge in [0.05, 0.1) is 23.9 Å². The smallest absolute Gasteiger partial charge is 0.137 e. The number of aliphatic hydroxyl groups is 1. The summed E-state index contributed by atoms with van der Waals surface area (Å²) in [6, 6.07) is 2.12. The normalized spacial score (nSPS) is 13.2. The van der Waals surface area contributed by atoms with Gasteiger partial charge in [-0.15, -0.1) is 0 Å². The molecular formula is C12H18N4O. The van der Waals surface area contributed by atoms with Crippen LogP contribution in [0, 0.1) is 0 Å². The second-order valence-corrected chi connectivity index (χ2v) is 4.29. The maximum Gasteiger partial charge on any atom is 0.137 e. The molecule has 0 spiro atoms. The van der Waals surface area contributed by atoms with E-state index in [0.29, 0.717) is 0 Å². The average molecular weight is 234 g/mol. The van der Waals surface area contributed by atoms with Gasteiger partial charge in [-0.1, -0.05) is 0 Å². The molecule has 2 aromatic rings. The third kappa shape index (κ3) is 2.10. The van der Waals surface area contributed by atoms with Gasteiger partial charge in [-0.25, -0.2) is 4.98 Å². The number of aromatic nitrogens is 4. The zero-order chi connectivity index (χ0) is 12.4. The summed E-state index contributed by atoms with van der Waals surface area (Å²) < 4.78 is 3.76. The van der Waals surface area contributed by atoms with E-state index in [1.54, 1.807) is 23.4 Å². The Kier molecular flexibility index (Phi) is 3.28. The summed E-state index contributed by atoms with van der Waals surface area (Å²) in [7, 11) is 0. The fourth-order valence-electron chi connectivity index (χ4n) is 1.95. The number of nitrogens with zero attached hydrogens (tertiary/aromatic N) is 4. The molecule has 0 aliphatic rings. The SMILES string of the molecule is CCn1nccc1C(O)c1cncn1C(C)C. The van der Waals surface area contributed by atoms with Gasteiger partial charge in [-0.2, -0.15) is 5.10 Å². The van der Waals surface area contributed by atoms with Crippen molar-refractivity contribution >= 4 is 0 Å². The van der Waals surface area contributed by atoms with E-state index in [-0.39, 0.29) is 6.04 Å². The number of rotatable bonds is 4. The van der Waals surface area contributed by atoms with Crippen molar-refractivity contribution in [2.45, 2.75) is 39.5 Å². The molecule has 0 aliphatic heterocycles. The van der Waals surface area contributed by atoms with Crippen LogP contribution in [0.25, 0.3) is 0 Å². The highest BCUT2D eigenvalue weighted by molar-refractivity contribution is 5.18. The predicted octanol–water partition coefficient (Wildman–Crippen LogP) is 1.76. The van der Waals surface area contributed by atoms with Gasteiger partial charge < -0.3 is 9.67 Å². The summed E-state index contributed by atoms with van der Waals surface area (Å²) >= 11 is 0. The van der Waals surface area contributed by atoms with Crippen LogP contribution in [0.1, 0.15) is 44.3 Å². The Hall–Kier alpha value is -1.62. The fraction of sp³-hybridized carbons (Fsp3) is 0.500. The lowest BCUT2D eigenvalue weighted by Gasteiger charge is -2.17. The Morgan fingerprint density at radius 1 is 1.35 bits per heavy atom. The minimum Gasteiger partial charge on any atom is -0.380 e. The summed E-state index contributed by atoms with van der Waals surface area (Å²) in [5, 5.41) is 14.6. The summed E-state index contributed by atoms with van der Waals surface area (Å²) in [5.41, 5.74) is 1.60. The van der Waals surface area contributed by atoms with Crippen molar-refractivity contribution in [3.8, 4) is 0 Å². The van der Waals surface area contributed by atoms with Crippen LogP contribution in [-0.4, -0.2) is 24.4 Å². The minimum atomic E-state index is -0.678. The van der Waals surface area contributed by atoms with E-state index in [0.717, 1.165) is 17.9 Å². The fourth-order valence-corrected chi connectivity index (χ4v) is 1.95. The molecule has 0 radical (unpaired) electrons. The Bertz CT molecular complexity index is 486. The molecule has 2 aromatic heterocycles. The second-order valence-electron chi connectivity index (χ2n) is 4.29. The number of aryl methyl sites for hydroxylation is 1. The minimum absolute atomic E-state index is 0.278. The van der Waals surface area contributed by atoms with E-state index in [4.69, 9.17) is 0 Å². The molecule has 2 rings (SSSR count). The van der Waals surface area contributed by atoms with Crippen LogP contribution in [0.2, 0.25) is 0 Å². The third-order valence-electron chi connectivity index (χ3n) is 2.86. The highest BCUT2D eigenvalue weighted by Crippen LogP contribution is 2.23. The lowest BCUT2D eigenvalue weighted by molar-refractivity contribution is 0.196. The Morgan fingerprint density at radius 2 is 2.12 bits per heavy atom. The maximum absolute atomic E-state index is 10.4. The average Bonchev–Trinajstić information content (AvgIpc) is 2.96. The Labute approximate surface area is 101 Å². The molecule has 1 N–H and O–H groups in total. The van der Waals surface area contributed by atoms with Crippen LogP contribution >= 0.6 is 0 Å². The first-order valence-corrected chi connectivity index (χ1v) is 5.86. The topological polar surface area (TPSA) is 55.9 Å². The largest absolute Gasteiger partial charge is 0.380 e. The van der Waals surface area contributed by atoms with Gasteiger partial charge in [0.2, 0.25) is 0 Å². The highest BCUT2D eigenvalue weighted by Gasteiger charge is 2.19. The molecule has 1 atom stereocenters. The molecule has 1 unspecified atom stereocenters. The van der Waals surface area contributed by atoms with Crippen LogP contribution in [0.4, 0.5) is 0 Å². The predicted molar refractivity (Wildman–Crippen MR) is 64.6 cm³/mol. The zero-order valence-corrected chi connectivity index (χ0v) is 10.4. The second kappa shape index (κ2) is 4.71. The molecule has 0 aliphatic carbocycles. The number of hydrogen-bond donors (Lipinski definition) is 1. The van der Waals surface area contributed by atoms with Crippen LogP contribution in [0.15, 0.2) is 24.8 Å². The Morgan fingerprint density at radius 3 is 2.76 bits per heavy atom.